The van der Waals surface area contributed by atoms with Gasteiger partial charge in [-0.2, -0.15) is 0 Å². The maximum absolute atomic E-state index is 13.2. The van der Waals surface area contributed by atoms with Gasteiger partial charge in [0.2, 0.25) is 0 Å². The third kappa shape index (κ3) is 3.78. The Bertz CT molecular complexity index is 692. The first-order valence-corrected chi connectivity index (χ1v) is 8.68. The number of hydrogen-bond donors (Lipinski definition) is 0. The van der Waals surface area contributed by atoms with Crippen molar-refractivity contribution in [2.45, 2.75) is 32.4 Å². The molecule has 1 saturated carbocycles. The van der Waals surface area contributed by atoms with E-state index in [0.717, 1.165) is 11.3 Å². The van der Waals surface area contributed by atoms with Crippen LogP contribution in [-0.4, -0.2) is 30.9 Å². The van der Waals surface area contributed by atoms with Crippen LogP contribution in [-0.2, 0) is 6.54 Å². The summed E-state index contributed by atoms with van der Waals surface area (Å²) in [7, 11) is 4.00. The molecule has 0 aliphatic heterocycles. The number of hydrogen-bond acceptors (Lipinski definition) is 2. The molecule has 0 bridgehead atoms. The van der Waals surface area contributed by atoms with Crippen LogP contribution in [0.3, 0.4) is 0 Å². The van der Waals surface area contributed by atoms with Crippen molar-refractivity contribution in [2.75, 3.05) is 19.0 Å². The lowest BCUT2D eigenvalue weighted by Crippen LogP contribution is -2.39. The van der Waals surface area contributed by atoms with Crippen LogP contribution in [0.1, 0.15) is 35.7 Å². The number of carbonyl (C=O) groups excluding carboxylic acids is 1. The Hall–Kier alpha value is -2.29. The molecule has 3 heteroatoms. The normalized spacial score (nSPS) is 15.0. The highest BCUT2D eigenvalue weighted by Gasteiger charge is 2.34. The molecular formula is C21H26N2O. The molecule has 0 spiro atoms. The minimum atomic E-state index is 0.127. The number of nitrogens with zero attached hydrogens (tertiary/aromatic N) is 2. The second-order valence-electron chi connectivity index (χ2n) is 6.94. The quantitative estimate of drug-likeness (QED) is 0.796. The molecule has 1 aliphatic carbocycles. The van der Waals surface area contributed by atoms with Crippen molar-refractivity contribution >= 4 is 11.6 Å². The van der Waals surface area contributed by atoms with Crippen molar-refractivity contribution < 1.29 is 4.79 Å². The van der Waals surface area contributed by atoms with Gasteiger partial charge in [-0.25, -0.2) is 0 Å². The van der Waals surface area contributed by atoms with E-state index in [-0.39, 0.29) is 11.9 Å². The van der Waals surface area contributed by atoms with Crippen molar-refractivity contribution in [3.8, 4) is 0 Å². The van der Waals surface area contributed by atoms with Gasteiger partial charge in [-0.1, -0.05) is 36.4 Å². The fourth-order valence-electron chi connectivity index (χ4n) is 3.10. The molecule has 2 aromatic carbocycles. The van der Waals surface area contributed by atoms with Gasteiger partial charge in [0.1, 0.15) is 0 Å². The molecule has 3 rings (SSSR count). The molecule has 0 heterocycles. The number of carbonyl (C=O) groups is 1. The summed E-state index contributed by atoms with van der Waals surface area (Å²) < 4.78 is 0. The lowest BCUT2D eigenvalue weighted by atomic mass is 10.1. The molecule has 1 aliphatic rings. The molecular weight excluding hydrogens is 296 g/mol. The molecule has 0 N–H and O–H groups in total. The lowest BCUT2D eigenvalue weighted by Gasteiger charge is -2.30. The number of anilines is 1. The topological polar surface area (TPSA) is 23.6 Å². The molecule has 126 valence electrons. The largest absolute Gasteiger partial charge is 0.378 e. The Morgan fingerprint density at radius 3 is 2.42 bits per heavy atom. The number of rotatable bonds is 6. The van der Waals surface area contributed by atoms with Gasteiger partial charge >= 0.3 is 0 Å². The smallest absolute Gasteiger partial charge is 0.254 e. The van der Waals surface area contributed by atoms with E-state index in [1.807, 2.05) is 66.4 Å². The molecule has 24 heavy (non-hydrogen) atoms. The zero-order valence-corrected chi connectivity index (χ0v) is 14.8. The van der Waals surface area contributed by atoms with Crippen LogP contribution in [0.15, 0.2) is 54.6 Å². The first kappa shape index (κ1) is 16.6. The highest BCUT2D eigenvalue weighted by atomic mass is 16.2. The SMILES string of the molecule is CC(C1CC1)N(Cc1ccccc1)C(=O)c1cccc(N(C)C)c1. The third-order valence-electron chi connectivity index (χ3n) is 4.86. The van der Waals surface area contributed by atoms with E-state index in [2.05, 4.69) is 19.1 Å². The Kier molecular flexibility index (Phi) is 4.89. The second kappa shape index (κ2) is 7.08. The van der Waals surface area contributed by atoms with E-state index < -0.39 is 0 Å². The van der Waals surface area contributed by atoms with Crippen molar-refractivity contribution in [3.05, 3.63) is 65.7 Å². The standard InChI is InChI=1S/C21H26N2O/c1-16(18-12-13-18)23(15-17-8-5-4-6-9-17)21(24)19-10-7-11-20(14-19)22(2)3/h4-11,14,16,18H,12-13,15H2,1-3H3. The third-order valence-corrected chi connectivity index (χ3v) is 4.86. The van der Waals surface area contributed by atoms with E-state index in [4.69, 9.17) is 0 Å². The Morgan fingerprint density at radius 2 is 1.79 bits per heavy atom. The van der Waals surface area contributed by atoms with Crippen LogP contribution in [0.25, 0.3) is 0 Å². The maximum Gasteiger partial charge on any atom is 0.254 e. The molecule has 1 amide bonds. The minimum Gasteiger partial charge on any atom is -0.378 e. The van der Waals surface area contributed by atoms with Crippen molar-refractivity contribution in [1.82, 2.24) is 4.90 Å². The van der Waals surface area contributed by atoms with Crippen molar-refractivity contribution in [1.29, 1.82) is 0 Å². The molecule has 1 fully saturated rings. The van der Waals surface area contributed by atoms with Crippen LogP contribution in [0.4, 0.5) is 5.69 Å². The second-order valence-corrected chi connectivity index (χ2v) is 6.94. The van der Waals surface area contributed by atoms with Crippen molar-refractivity contribution in [2.24, 2.45) is 5.92 Å². The van der Waals surface area contributed by atoms with Crippen LogP contribution in [0, 0.1) is 5.92 Å². The molecule has 0 radical (unpaired) electrons. The summed E-state index contributed by atoms with van der Waals surface area (Å²) >= 11 is 0. The fraction of sp³-hybridized carbons (Fsp3) is 0.381. The molecule has 1 unspecified atom stereocenters. The zero-order valence-electron chi connectivity index (χ0n) is 14.8. The number of amides is 1. The monoisotopic (exact) mass is 322 g/mol. The van der Waals surface area contributed by atoms with Gasteiger partial charge in [-0.15, -0.1) is 0 Å². The Labute approximate surface area is 144 Å². The van der Waals surface area contributed by atoms with Gasteiger partial charge in [0.25, 0.3) is 5.91 Å². The lowest BCUT2D eigenvalue weighted by molar-refractivity contribution is 0.0654. The first-order valence-electron chi connectivity index (χ1n) is 8.68. The highest BCUT2D eigenvalue weighted by Crippen LogP contribution is 2.36. The average molecular weight is 322 g/mol. The van der Waals surface area contributed by atoms with E-state index in [1.165, 1.54) is 18.4 Å². The maximum atomic E-state index is 13.2. The van der Waals surface area contributed by atoms with Crippen molar-refractivity contribution in [3.63, 3.8) is 0 Å². The van der Waals surface area contributed by atoms with Gasteiger partial charge in [-0.05, 0) is 49.4 Å². The van der Waals surface area contributed by atoms with Gasteiger partial charge in [0, 0.05) is 37.9 Å². The van der Waals surface area contributed by atoms with Gasteiger partial charge in [0.05, 0.1) is 0 Å². The average Bonchev–Trinajstić information content (AvgIpc) is 3.44. The highest BCUT2D eigenvalue weighted by molar-refractivity contribution is 5.95. The fourth-order valence-corrected chi connectivity index (χ4v) is 3.10. The predicted octanol–water partition coefficient (Wildman–Crippen LogP) is 4.19. The summed E-state index contributed by atoms with van der Waals surface area (Å²) in [6, 6.07) is 18.5. The summed E-state index contributed by atoms with van der Waals surface area (Å²) in [5.74, 6) is 0.775. The Morgan fingerprint density at radius 1 is 1.08 bits per heavy atom. The van der Waals surface area contributed by atoms with Crippen LogP contribution in [0.5, 0.6) is 0 Å². The van der Waals surface area contributed by atoms with Gasteiger partial charge in [-0.3, -0.25) is 4.79 Å². The summed E-state index contributed by atoms with van der Waals surface area (Å²) in [5.41, 5.74) is 3.01. The predicted molar refractivity (Wildman–Crippen MR) is 99.3 cm³/mol. The Balaban J connectivity index is 1.86. The van der Waals surface area contributed by atoms with Crippen LogP contribution >= 0.6 is 0 Å². The number of benzene rings is 2. The summed E-state index contributed by atoms with van der Waals surface area (Å²) in [5, 5.41) is 0. The van der Waals surface area contributed by atoms with E-state index in [1.54, 1.807) is 0 Å². The van der Waals surface area contributed by atoms with E-state index in [9.17, 15) is 4.79 Å². The first-order chi connectivity index (χ1) is 11.6. The summed E-state index contributed by atoms with van der Waals surface area (Å²) in [6.07, 6.45) is 2.47. The molecule has 0 aromatic heterocycles. The zero-order chi connectivity index (χ0) is 17.1. The molecule has 0 saturated heterocycles. The molecule has 2 aromatic rings. The molecule has 3 nitrogen and oxygen atoms in total. The minimum absolute atomic E-state index is 0.127. The van der Waals surface area contributed by atoms with Gasteiger partial charge < -0.3 is 9.80 Å². The van der Waals surface area contributed by atoms with E-state index in [0.29, 0.717) is 12.5 Å². The molecule has 1 atom stereocenters. The summed E-state index contributed by atoms with van der Waals surface area (Å²) in [4.78, 5) is 17.3. The van der Waals surface area contributed by atoms with Gasteiger partial charge in [0.15, 0.2) is 0 Å². The summed E-state index contributed by atoms with van der Waals surface area (Å²) in [6.45, 7) is 2.86. The van der Waals surface area contributed by atoms with E-state index >= 15 is 0 Å². The van der Waals surface area contributed by atoms with Crippen LogP contribution in [0.2, 0.25) is 0 Å². The van der Waals surface area contributed by atoms with Crippen LogP contribution < -0.4 is 4.90 Å².